The summed E-state index contributed by atoms with van der Waals surface area (Å²) in [6, 6.07) is 0.824. The van der Waals surface area contributed by atoms with Crippen LogP contribution in [0.25, 0.3) is 0 Å². The summed E-state index contributed by atoms with van der Waals surface area (Å²) in [5.74, 6) is 0. The summed E-state index contributed by atoms with van der Waals surface area (Å²) in [6.45, 7) is 6.25. The molecule has 16 heavy (non-hydrogen) atoms. The van der Waals surface area contributed by atoms with Crippen LogP contribution in [-0.4, -0.2) is 49.7 Å². The number of hydrogen-bond acceptors (Lipinski definition) is 4. The Bertz CT molecular complexity index is 174. The summed E-state index contributed by atoms with van der Waals surface area (Å²) >= 11 is 0. The Morgan fingerprint density at radius 1 is 1.44 bits per heavy atom. The Balaban J connectivity index is 1.98. The van der Waals surface area contributed by atoms with Gasteiger partial charge in [0, 0.05) is 25.3 Å². The second-order valence-corrected chi connectivity index (χ2v) is 4.45. The topological polar surface area (TPSA) is 50.7 Å². The molecule has 0 bridgehead atoms. The average molecular weight is 231 g/mol. The molecule has 0 heterocycles. The van der Waals surface area contributed by atoms with Gasteiger partial charge in [0.15, 0.2) is 0 Å². The van der Waals surface area contributed by atoms with Crippen LogP contribution in [0.2, 0.25) is 0 Å². The van der Waals surface area contributed by atoms with Crippen molar-refractivity contribution in [1.82, 2.24) is 5.32 Å². The van der Waals surface area contributed by atoms with E-state index in [0.29, 0.717) is 19.3 Å². The van der Waals surface area contributed by atoms with Gasteiger partial charge in [-0.05, 0) is 33.1 Å². The SMILES string of the molecule is CCOCC(C)OCCC(CO)NC1CC1. The molecule has 0 aromatic rings. The van der Waals surface area contributed by atoms with Crippen LogP contribution in [0.5, 0.6) is 0 Å². The first-order valence-corrected chi connectivity index (χ1v) is 6.32. The minimum atomic E-state index is 0.139. The monoisotopic (exact) mass is 231 g/mol. The molecule has 0 amide bonds. The standard InChI is InChI=1S/C12H25NO3/c1-3-15-9-10(2)16-7-6-12(8-14)13-11-4-5-11/h10-14H,3-9H2,1-2H3. The molecule has 2 unspecified atom stereocenters. The number of rotatable bonds is 10. The highest BCUT2D eigenvalue weighted by molar-refractivity contribution is 4.84. The Kier molecular flexibility index (Phi) is 6.96. The molecule has 1 rings (SSSR count). The van der Waals surface area contributed by atoms with Gasteiger partial charge in [-0.2, -0.15) is 0 Å². The molecule has 0 aromatic heterocycles. The van der Waals surface area contributed by atoms with Crippen molar-refractivity contribution < 1.29 is 14.6 Å². The Labute approximate surface area is 98.3 Å². The lowest BCUT2D eigenvalue weighted by Gasteiger charge is -2.18. The quantitative estimate of drug-likeness (QED) is 0.587. The lowest BCUT2D eigenvalue weighted by atomic mass is 10.2. The van der Waals surface area contributed by atoms with Gasteiger partial charge in [-0.1, -0.05) is 0 Å². The van der Waals surface area contributed by atoms with Gasteiger partial charge in [0.25, 0.3) is 0 Å². The van der Waals surface area contributed by atoms with Crippen LogP contribution in [0, 0.1) is 0 Å². The van der Waals surface area contributed by atoms with E-state index < -0.39 is 0 Å². The summed E-state index contributed by atoms with van der Waals surface area (Å²) < 4.78 is 10.9. The summed E-state index contributed by atoms with van der Waals surface area (Å²) in [6.07, 6.45) is 3.50. The molecule has 4 heteroatoms. The summed E-state index contributed by atoms with van der Waals surface area (Å²) in [5.41, 5.74) is 0. The van der Waals surface area contributed by atoms with Gasteiger partial charge < -0.3 is 19.9 Å². The molecule has 2 N–H and O–H groups in total. The molecule has 1 aliphatic rings. The van der Waals surface area contributed by atoms with Crippen molar-refractivity contribution in [3.63, 3.8) is 0 Å². The zero-order valence-electron chi connectivity index (χ0n) is 10.4. The molecule has 1 aliphatic carbocycles. The van der Waals surface area contributed by atoms with Crippen LogP contribution in [0.4, 0.5) is 0 Å². The zero-order valence-corrected chi connectivity index (χ0v) is 10.4. The van der Waals surface area contributed by atoms with Gasteiger partial charge in [0.1, 0.15) is 0 Å². The number of ether oxygens (including phenoxy) is 2. The van der Waals surface area contributed by atoms with Crippen LogP contribution < -0.4 is 5.32 Å². The first-order valence-electron chi connectivity index (χ1n) is 6.32. The third kappa shape index (κ3) is 6.43. The Morgan fingerprint density at radius 3 is 2.75 bits per heavy atom. The number of aliphatic hydroxyl groups excluding tert-OH is 1. The number of nitrogens with one attached hydrogen (secondary N) is 1. The summed E-state index contributed by atoms with van der Waals surface area (Å²) in [5, 5.41) is 12.6. The summed E-state index contributed by atoms with van der Waals surface area (Å²) in [4.78, 5) is 0. The summed E-state index contributed by atoms with van der Waals surface area (Å²) in [7, 11) is 0. The predicted molar refractivity (Wildman–Crippen MR) is 63.6 cm³/mol. The molecule has 4 nitrogen and oxygen atoms in total. The molecule has 0 radical (unpaired) electrons. The van der Waals surface area contributed by atoms with Crippen LogP contribution >= 0.6 is 0 Å². The van der Waals surface area contributed by atoms with Gasteiger partial charge >= 0.3 is 0 Å². The van der Waals surface area contributed by atoms with Gasteiger partial charge in [-0.25, -0.2) is 0 Å². The zero-order chi connectivity index (χ0) is 11.8. The van der Waals surface area contributed by atoms with Gasteiger partial charge in [-0.3, -0.25) is 0 Å². The van der Waals surface area contributed by atoms with Crippen molar-refractivity contribution in [3.05, 3.63) is 0 Å². The fraction of sp³-hybridized carbons (Fsp3) is 1.00. The van der Waals surface area contributed by atoms with Crippen molar-refractivity contribution in [2.24, 2.45) is 0 Å². The van der Waals surface area contributed by atoms with E-state index in [0.717, 1.165) is 13.0 Å². The van der Waals surface area contributed by atoms with Crippen molar-refractivity contribution in [2.75, 3.05) is 26.4 Å². The van der Waals surface area contributed by atoms with Gasteiger partial charge in [-0.15, -0.1) is 0 Å². The second kappa shape index (κ2) is 8.01. The minimum absolute atomic E-state index is 0.139. The third-order valence-corrected chi connectivity index (χ3v) is 2.69. The number of aliphatic hydroxyl groups is 1. The van der Waals surface area contributed by atoms with E-state index in [4.69, 9.17) is 14.6 Å². The maximum atomic E-state index is 9.17. The maximum Gasteiger partial charge on any atom is 0.0780 e. The molecule has 96 valence electrons. The normalized spacial score (nSPS) is 19.7. The van der Waals surface area contributed by atoms with E-state index in [1.165, 1.54) is 12.8 Å². The van der Waals surface area contributed by atoms with E-state index in [1.807, 2.05) is 13.8 Å². The molecule has 0 aliphatic heterocycles. The van der Waals surface area contributed by atoms with Crippen LogP contribution in [-0.2, 0) is 9.47 Å². The molecular formula is C12H25NO3. The van der Waals surface area contributed by atoms with Crippen LogP contribution in [0.15, 0.2) is 0 Å². The maximum absolute atomic E-state index is 9.17. The van der Waals surface area contributed by atoms with Crippen molar-refractivity contribution in [2.45, 2.75) is 51.3 Å². The van der Waals surface area contributed by atoms with E-state index in [9.17, 15) is 0 Å². The largest absolute Gasteiger partial charge is 0.395 e. The molecule has 0 spiro atoms. The van der Waals surface area contributed by atoms with E-state index in [-0.39, 0.29) is 18.8 Å². The van der Waals surface area contributed by atoms with E-state index in [2.05, 4.69) is 5.32 Å². The minimum Gasteiger partial charge on any atom is -0.395 e. The smallest absolute Gasteiger partial charge is 0.0780 e. The fourth-order valence-electron chi connectivity index (χ4n) is 1.55. The molecule has 2 atom stereocenters. The second-order valence-electron chi connectivity index (χ2n) is 4.45. The Morgan fingerprint density at radius 2 is 2.19 bits per heavy atom. The number of hydrogen-bond donors (Lipinski definition) is 2. The molecule has 1 saturated carbocycles. The highest BCUT2D eigenvalue weighted by atomic mass is 16.5. The van der Waals surface area contributed by atoms with E-state index in [1.54, 1.807) is 0 Å². The first kappa shape index (κ1) is 13.9. The molecule has 0 aromatic carbocycles. The van der Waals surface area contributed by atoms with Gasteiger partial charge in [0.2, 0.25) is 0 Å². The third-order valence-electron chi connectivity index (χ3n) is 2.69. The Hall–Kier alpha value is -0.160. The lowest BCUT2D eigenvalue weighted by molar-refractivity contribution is -0.00777. The highest BCUT2D eigenvalue weighted by Gasteiger charge is 2.24. The average Bonchev–Trinajstić information content (AvgIpc) is 3.08. The van der Waals surface area contributed by atoms with Crippen LogP contribution in [0.3, 0.4) is 0 Å². The first-order chi connectivity index (χ1) is 7.76. The van der Waals surface area contributed by atoms with Crippen molar-refractivity contribution >= 4 is 0 Å². The molecule has 0 saturated heterocycles. The van der Waals surface area contributed by atoms with Crippen molar-refractivity contribution in [1.29, 1.82) is 0 Å². The predicted octanol–water partition coefficient (Wildman–Crippen LogP) is 0.931. The molecular weight excluding hydrogens is 206 g/mol. The highest BCUT2D eigenvalue weighted by Crippen LogP contribution is 2.19. The molecule has 1 fully saturated rings. The fourth-order valence-corrected chi connectivity index (χ4v) is 1.55. The van der Waals surface area contributed by atoms with Crippen molar-refractivity contribution in [3.8, 4) is 0 Å². The van der Waals surface area contributed by atoms with Crippen LogP contribution in [0.1, 0.15) is 33.1 Å². The van der Waals surface area contributed by atoms with Gasteiger partial charge in [0.05, 0.1) is 19.3 Å². The lowest BCUT2D eigenvalue weighted by Crippen LogP contribution is -2.35. The van der Waals surface area contributed by atoms with E-state index >= 15 is 0 Å².